The molecule has 1 aliphatic rings. The van der Waals surface area contributed by atoms with Crippen LogP contribution < -0.4 is 5.73 Å². The number of carbonyl (C=O) groups is 2. The number of piperidine rings is 1. The highest BCUT2D eigenvalue weighted by Crippen LogP contribution is 2.20. The average molecular weight is 274 g/mol. The van der Waals surface area contributed by atoms with Gasteiger partial charge in [0.1, 0.15) is 0 Å². The summed E-state index contributed by atoms with van der Waals surface area (Å²) in [5.74, 6) is 0.330. The van der Waals surface area contributed by atoms with Crippen LogP contribution in [0, 0.1) is 5.92 Å². The van der Waals surface area contributed by atoms with Gasteiger partial charge in [-0.3, -0.25) is 9.59 Å². The van der Waals surface area contributed by atoms with Gasteiger partial charge in [0, 0.05) is 25.9 Å². The van der Waals surface area contributed by atoms with Crippen LogP contribution in [0.3, 0.4) is 0 Å². The summed E-state index contributed by atoms with van der Waals surface area (Å²) in [7, 11) is 0. The third-order valence-electron chi connectivity index (χ3n) is 3.93. The Morgan fingerprint density at radius 3 is 2.40 bits per heavy atom. The molecule has 2 N–H and O–H groups in total. The highest BCUT2D eigenvalue weighted by molar-refractivity contribution is 5.76. The molecule has 108 valence electrons. The molecule has 0 radical (unpaired) electrons. The number of hydrogen-bond acceptors (Lipinski definition) is 2. The Balaban J connectivity index is 1.73. The number of likely N-dealkylation sites (tertiary alicyclic amines) is 1. The first-order valence-corrected chi connectivity index (χ1v) is 7.25. The highest BCUT2D eigenvalue weighted by Gasteiger charge is 2.23. The Kier molecular flexibility index (Phi) is 5.16. The van der Waals surface area contributed by atoms with Crippen molar-refractivity contribution in [1.82, 2.24) is 4.90 Å². The zero-order valence-electron chi connectivity index (χ0n) is 11.8. The van der Waals surface area contributed by atoms with Crippen LogP contribution in [0.15, 0.2) is 30.3 Å². The van der Waals surface area contributed by atoms with Crippen molar-refractivity contribution in [2.24, 2.45) is 11.7 Å². The monoisotopic (exact) mass is 274 g/mol. The SMILES string of the molecule is NC(=O)CC1CCN(C(=O)CCc2ccccc2)CC1. The minimum Gasteiger partial charge on any atom is -0.370 e. The van der Waals surface area contributed by atoms with Crippen molar-refractivity contribution in [2.75, 3.05) is 13.1 Å². The summed E-state index contributed by atoms with van der Waals surface area (Å²) in [5, 5.41) is 0. The van der Waals surface area contributed by atoms with Gasteiger partial charge in [-0.1, -0.05) is 30.3 Å². The largest absolute Gasteiger partial charge is 0.370 e. The van der Waals surface area contributed by atoms with Crippen LogP contribution in [0.1, 0.15) is 31.2 Å². The molecule has 4 nitrogen and oxygen atoms in total. The van der Waals surface area contributed by atoms with E-state index in [9.17, 15) is 9.59 Å². The van der Waals surface area contributed by atoms with Crippen LogP contribution >= 0.6 is 0 Å². The fraction of sp³-hybridized carbons (Fsp3) is 0.500. The first-order chi connectivity index (χ1) is 9.65. The lowest BCUT2D eigenvalue weighted by molar-refractivity contribution is -0.132. The second kappa shape index (κ2) is 7.08. The summed E-state index contributed by atoms with van der Waals surface area (Å²) < 4.78 is 0. The van der Waals surface area contributed by atoms with E-state index in [4.69, 9.17) is 5.73 Å². The van der Waals surface area contributed by atoms with Crippen LogP contribution in [0.25, 0.3) is 0 Å². The molecule has 1 aliphatic heterocycles. The van der Waals surface area contributed by atoms with E-state index in [0.717, 1.165) is 32.4 Å². The van der Waals surface area contributed by atoms with Crippen molar-refractivity contribution in [2.45, 2.75) is 32.1 Å². The van der Waals surface area contributed by atoms with Crippen molar-refractivity contribution in [3.8, 4) is 0 Å². The summed E-state index contributed by atoms with van der Waals surface area (Å²) in [5.41, 5.74) is 6.41. The van der Waals surface area contributed by atoms with Crippen molar-refractivity contribution < 1.29 is 9.59 Å². The fourth-order valence-electron chi connectivity index (χ4n) is 2.73. The van der Waals surface area contributed by atoms with Crippen LogP contribution in [-0.4, -0.2) is 29.8 Å². The number of amides is 2. The van der Waals surface area contributed by atoms with Crippen molar-refractivity contribution >= 4 is 11.8 Å². The molecule has 0 aliphatic carbocycles. The number of aryl methyl sites for hydroxylation is 1. The second-order valence-corrected chi connectivity index (χ2v) is 5.48. The van der Waals surface area contributed by atoms with Gasteiger partial charge in [0.15, 0.2) is 0 Å². The second-order valence-electron chi connectivity index (χ2n) is 5.48. The summed E-state index contributed by atoms with van der Waals surface area (Å²) in [6.45, 7) is 1.51. The Labute approximate surface area is 119 Å². The minimum atomic E-state index is -0.237. The Hall–Kier alpha value is -1.84. The Bertz CT molecular complexity index is 451. The van der Waals surface area contributed by atoms with E-state index in [1.807, 2.05) is 35.2 Å². The summed E-state index contributed by atoms with van der Waals surface area (Å²) in [6.07, 6.45) is 3.58. The standard InChI is InChI=1S/C16H22N2O2/c17-15(19)12-14-8-10-18(11-9-14)16(20)7-6-13-4-2-1-3-5-13/h1-5,14H,6-12H2,(H2,17,19). The molecule has 4 heteroatoms. The number of carbonyl (C=O) groups excluding carboxylic acids is 2. The highest BCUT2D eigenvalue weighted by atomic mass is 16.2. The van der Waals surface area contributed by atoms with Gasteiger partial charge in [-0.2, -0.15) is 0 Å². The molecule has 1 fully saturated rings. The number of nitrogens with two attached hydrogens (primary N) is 1. The lowest BCUT2D eigenvalue weighted by atomic mass is 9.93. The molecular weight excluding hydrogens is 252 g/mol. The van der Waals surface area contributed by atoms with Crippen molar-refractivity contribution in [3.63, 3.8) is 0 Å². The normalized spacial score (nSPS) is 16.1. The number of primary amides is 1. The first-order valence-electron chi connectivity index (χ1n) is 7.25. The maximum Gasteiger partial charge on any atom is 0.222 e. The van der Waals surface area contributed by atoms with Crippen LogP contribution in [0.4, 0.5) is 0 Å². The quantitative estimate of drug-likeness (QED) is 0.888. The maximum atomic E-state index is 12.1. The zero-order valence-corrected chi connectivity index (χ0v) is 11.8. The van der Waals surface area contributed by atoms with Gasteiger partial charge in [0.2, 0.25) is 11.8 Å². The number of nitrogens with zero attached hydrogens (tertiary/aromatic N) is 1. The average Bonchev–Trinajstić information content (AvgIpc) is 2.46. The van der Waals surface area contributed by atoms with Gasteiger partial charge in [-0.05, 0) is 30.7 Å². The van der Waals surface area contributed by atoms with Gasteiger partial charge in [-0.15, -0.1) is 0 Å². The van der Waals surface area contributed by atoms with Gasteiger partial charge >= 0.3 is 0 Å². The van der Waals surface area contributed by atoms with Gasteiger partial charge in [0.05, 0.1) is 0 Å². The van der Waals surface area contributed by atoms with E-state index in [1.54, 1.807) is 0 Å². The number of benzene rings is 1. The van der Waals surface area contributed by atoms with E-state index in [2.05, 4.69) is 0 Å². The molecular formula is C16H22N2O2. The third-order valence-corrected chi connectivity index (χ3v) is 3.93. The third kappa shape index (κ3) is 4.37. The first kappa shape index (κ1) is 14.6. The molecule has 0 aromatic heterocycles. The lowest BCUT2D eigenvalue weighted by Crippen LogP contribution is -2.39. The van der Waals surface area contributed by atoms with Gasteiger partial charge in [-0.25, -0.2) is 0 Å². The van der Waals surface area contributed by atoms with E-state index < -0.39 is 0 Å². The van der Waals surface area contributed by atoms with E-state index in [-0.39, 0.29) is 11.8 Å². The fourth-order valence-corrected chi connectivity index (χ4v) is 2.73. The van der Waals surface area contributed by atoms with E-state index in [1.165, 1.54) is 5.56 Å². The predicted octanol–water partition coefficient (Wildman–Crippen LogP) is 1.73. The molecule has 2 amide bonds. The molecule has 0 atom stereocenters. The zero-order chi connectivity index (χ0) is 14.4. The van der Waals surface area contributed by atoms with E-state index in [0.29, 0.717) is 18.8 Å². The summed E-state index contributed by atoms with van der Waals surface area (Å²) in [4.78, 5) is 24.9. The van der Waals surface area contributed by atoms with E-state index >= 15 is 0 Å². The molecule has 1 aromatic rings. The topological polar surface area (TPSA) is 63.4 Å². The number of rotatable bonds is 5. The van der Waals surface area contributed by atoms with Crippen molar-refractivity contribution in [1.29, 1.82) is 0 Å². The summed E-state index contributed by atoms with van der Waals surface area (Å²) >= 11 is 0. The Morgan fingerprint density at radius 1 is 1.15 bits per heavy atom. The maximum absolute atomic E-state index is 12.1. The van der Waals surface area contributed by atoms with Crippen LogP contribution in [0.2, 0.25) is 0 Å². The van der Waals surface area contributed by atoms with Crippen LogP contribution in [-0.2, 0) is 16.0 Å². The molecule has 1 heterocycles. The Morgan fingerprint density at radius 2 is 1.80 bits per heavy atom. The van der Waals surface area contributed by atoms with Gasteiger partial charge in [0.25, 0.3) is 0 Å². The molecule has 0 spiro atoms. The molecule has 0 bridgehead atoms. The lowest BCUT2D eigenvalue weighted by Gasteiger charge is -2.31. The smallest absolute Gasteiger partial charge is 0.222 e. The molecule has 1 saturated heterocycles. The number of hydrogen-bond donors (Lipinski definition) is 1. The molecule has 2 rings (SSSR count). The summed E-state index contributed by atoms with van der Waals surface area (Å²) in [6, 6.07) is 10.1. The minimum absolute atomic E-state index is 0.214. The molecule has 1 aromatic carbocycles. The molecule has 20 heavy (non-hydrogen) atoms. The predicted molar refractivity (Wildman–Crippen MR) is 77.9 cm³/mol. The van der Waals surface area contributed by atoms with Gasteiger partial charge < -0.3 is 10.6 Å². The molecule has 0 unspecified atom stereocenters. The molecule has 0 saturated carbocycles. The van der Waals surface area contributed by atoms with Crippen molar-refractivity contribution in [3.05, 3.63) is 35.9 Å². The van der Waals surface area contributed by atoms with Crippen LogP contribution in [0.5, 0.6) is 0 Å².